The molecular formula is C22H24N2O4. The van der Waals surface area contributed by atoms with E-state index >= 15 is 0 Å². The Bertz CT molecular complexity index is 894. The summed E-state index contributed by atoms with van der Waals surface area (Å²) in [4.78, 5) is 25.4. The summed E-state index contributed by atoms with van der Waals surface area (Å²) in [6.07, 6.45) is 5.76. The van der Waals surface area contributed by atoms with Crippen molar-refractivity contribution in [2.75, 3.05) is 6.54 Å². The molecule has 4 atom stereocenters. The monoisotopic (exact) mass is 380 g/mol. The molecule has 6 heteroatoms. The first-order valence-corrected chi connectivity index (χ1v) is 10.1. The highest BCUT2D eigenvalue weighted by Gasteiger charge is 2.57. The van der Waals surface area contributed by atoms with Crippen molar-refractivity contribution in [1.29, 1.82) is 0 Å². The van der Waals surface area contributed by atoms with Crippen LogP contribution < -0.4 is 15.4 Å². The average molecular weight is 380 g/mol. The lowest BCUT2D eigenvalue weighted by Crippen LogP contribution is -2.66. The van der Waals surface area contributed by atoms with E-state index in [-0.39, 0.29) is 29.6 Å². The number of amides is 2. The lowest BCUT2D eigenvalue weighted by Gasteiger charge is -2.55. The molecule has 2 amide bonds. The number of rotatable bonds is 4. The van der Waals surface area contributed by atoms with Crippen LogP contribution in [0.1, 0.15) is 41.8 Å². The highest BCUT2D eigenvalue weighted by molar-refractivity contribution is 5.98. The van der Waals surface area contributed by atoms with E-state index in [9.17, 15) is 9.59 Å². The van der Waals surface area contributed by atoms with Crippen LogP contribution in [0.4, 0.5) is 0 Å². The van der Waals surface area contributed by atoms with Gasteiger partial charge in [0.05, 0.1) is 11.8 Å². The number of nitrogens with one attached hydrogen (secondary N) is 2. The van der Waals surface area contributed by atoms with E-state index in [2.05, 4.69) is 10.6 Å². The zero-order chi connectivity index (χ0) is 19.1. The van der Waals surface area contributed by atoms with E-state index in [0.29, 0.717) is 30.7 Å². The van der Waals surface area contributed by atoms with Crippen LogP contribution in [0.5, 0.6) is 5.75 Å². The molecule has 28 heavy (non-hydrogen) atoms. The Balaban J connectivity index is 1.26. The van der Waals surface area contributed by atoms with Crippen LogP contribution in [0.2, 0.25) is 0 Å². The maximum atomic E-state index is 12.8. The van der Waals surface area contributed by atoms with Gasteiger partial charge in [0.25, 0.3) is 5.91 Å². The van der Waals surface area contributed by atoms with Crippen molar-refractivity contribution >= 4 is 11.8 Å². The van der Waals surface area contributed by atoms with Crippen molar-refractivity contribution in [3.05, 3.63) is 54.0 Å². The molecule has 0 radical (unpaired) electrons. The summed E-state index contributed by atoms with van der Waals surface area (Å²) < 4.78 is 11.7. The zero-order valence-electron chi connectivity index (χ0n) is 15.6. The van der Waals surface area contributed by atoms with Crippen LogP contribution in [-0.2, 0) is 11.2 Å². The number of fused-ring (bicyclic) bond motifs is 3. The van der Waals surface area contributed by atoms with Gasteiger partial charge in [-0.25, -0.2) is 0 Å². The number of hydrogen-bond acceptors (Lipinski definition) is 4. The van der Waals surface area contributed by atoms with Crippen molar-refractivity contribution in [2.45, 2.75) is 37.8 Å². The smallest absolute Gasteiger partial charge is 0.258 e. The van der Waals surface area contributed by atoms with E-state index in [1.165, 1.54) is 0 Å². The van der Waals surface area contributed by atoms with Gasteiger partial charge in [0.2, 0.25) is 5.91 Å². The zero-order valence-corrected chi connectivity index (χ0v) is 15.6. The molecule has 1 aliphatic heterocycles. The van der Waals surface area contributed by atoms with Crippen molar-refractivity contribution in [2.24, 2.45) is 17.8 Å². The number of carbonyl (C=O) groups is 2. The molecule has 1 spiro atoms. The molecule has 2 bridgehead atoms. The van der Waals surface area contributed by atoms with Crippen LogP contribution in [0.15, 0.2) is 47.1 Å². The number of para-hydroxylation sites is 1. The lowest BCUT2D eigenvalue weighted by atomic mass is 9.60. The summed E-state index contributed by atoms with van der Waals surface area (Å²) in [6.45, 7) is 0.575. The van der Waals surface area contributed by atoms with Gasteiger partial charge in [-0.05, 0) is 49.4 Å². The maximum Gasteiger partial charge on any atom is 0.258 e. The maximum absolute atomic E-state index is 12.8. The van der Waals surface area contributed by atoms with Crippen molar-refractivity contribution in [3.8, 4) is 5.75 Å². The summed E-state index contributed by atoms with van der Waals surface area (Å²) >= 11 is 0. The second-order valence-electron chi connectivity index (χ2n) is 8.14. The molecule has 1 aromatic carbocycles. The quantitative estimate of drug-likeness (QED) is 0.855. The first-order chi connectivity index (χ1) is 13.6. The summed E-state index contributed by atoms with van der Waals surface area (Å²) in [5, 5.41) is 6.20. The van der Waals surface area contributed by atoms with E-state index in [0.717, 1.165) is 25.0 Å². The second-order valence-corrected chi connectivity index (χ2v) is 8.14. The van der Waals surface area contributed by atoms with Crippen LogP contribution in [-0.4, -0.2) is 24.1 Å². The van der Waals surface area contributed by atoms with Crippen molar-refractivity contribution in [3.63, 3.8) is 0 Å². The third-order valence-electron chi connectivity index (χ3n) is 6.55. The van der Waals surface area contributed by atoms with Gasteiger partial charge in [-0.1, -0.05) is 12.1 Å². The van der Waals surface area contributed by atoms with Gasteiger partial charge in [-0.2, -0.15) is 0 Å². The lowest BCUT2D eigenvalue weighted by molar-refractivity contribution is -0.146. The molecule has 2 aromatic rings. The Hall–Kier alpha value is -2.76. The molecular weight excluding hydrogens is 356 g/mol. The molecule has 6 rings (SSSR count). The molecule has 3 saturated carbocycles. The fourth-order valence-electron chi connectivity index (χ4n) is 5.18. The van der Waals surface area contributed by atoms with Gasteiger partial charge in [-0.15, -0.1) is 0 Å². The summed E-state index contributed by atoms with van der Waals surface area (Å²) in [5.41, 5.74) is -0.0824. The molecule has 1 aromatic heterocycles. The van der Waals surface area contributed by atoms with Gasteiger partial charge >= 0.3 is 0 Å². The third-order valence-corrected chi connectivity index (χ3v) is 6.55. The molecule has 0 unspecified atom stereocenters. The highest BCUT2D eigenvalue weighted by Crippen LogP contribution is 2.52. The summed E-state index contributed by atoms with van der Waals surface area (Å²) in [5.74, 6) is 1.92. The SMILES string of the molecule is O=C1N[C@@]2(C[C@H]3CC[C@H]2C[C@@H]3C(=O)NCCc2ccco2)Oc2ccccc21. The van der Waals surface area contributed by atoms with E-state index in [1.54, 1.807) is 12.3 Å². The third kappa shape index (κ3) is 2.87. The largest absolute Gasteiger partial charge is 0.469 e. The Kier molecular flexibility index (Phi) is 4.14. The second kappa shape index (κ2) is 6.69. The fraction of sp³-hybridized carbons (Fsp3) is 0.455. The molecule has 3 fully saturated rings. The minimum Gasteiger partial charge on any atom is -0.469 e. The topological polar surface area (TPSA) is 80.6 Å². The Labute approximate surface area is 163 Å². The van der Waals surface area contributed by atoms with Gasteiger partial charge in [0.15, 0.2) is 5.72 Å². The number of benzene rings is 1. The predicted molar refractivity (Wildman–Crippen MR) is 102 cm³/mol. The molecule has 4 aliphatic rings. The average Bonchev–Trinajstić information content (AvgIpc) is 3.22. The minimum atomic E-state index is -0.667. The molecule has 6 nitrogen and oxygen atoms in total. The molecule has 0 saturated heterocycles. The van der Waals surface area contributed by atoms with Crippen LogP contribution in [0.3, 0.4) is 0 Å². The number of ether oxygens (including phenoxy) is 1. The van der Waals surface area contributed by atoms with Gasteiger partial charge in [0.1, 0.15) is 11.5 Å². The Morgan fingerprint density at radius 1 is 1.21 bits per heavy atom. The first kappa shape index (κ1) is 17.3. The predicted octanol–water partition coefficient (Wildman–Crippen LogP) is 2.89. The van der Waals surface area contributed by atoms with Gasteiger partial charge in [-0.3, -0.25) is 9.59 Å². The molecule has 146 valence electrons. The minimum absolute atomic E-state index is 0.0151. The number of hydrogen-bond donors (Lipinski definition) is 2. The van der Waals surface area contributed by atoms with Gasteiger partial charge < -0.3 is 19.8 Å². The van der Waals surface area contributed by atoms with E-state index in [4.69, 9.17) is 9.15 Å². The Morgan fingerprint density at radius 2 is 2.11 bits per heavy atom. The van der Waals surface area contributed by atoms with Crippen LogP contribution >= 0.6 is 0 Å². The molecule has 3 aliphatic carbocycles. The van der Waals surface area contributed by atoms with Crippen LogP contribution in [0.25, 0.3) is 0 Å². The first-order valence-electron chi connectivity index (χ1n) is 10.1. The standard InChI is InChI=1S/C22H24N2O4/c25-20(23-10-9-16-4-3-11-27-16)18-12-15-8-7-14(18)13-22(15)24-21(26)17-5-1-2-6-19(17)28-22/h1-6,11,14-15,18H,7-10,12-13H2,(H,23,25)(H,24,26)/t14-,15+,18+,22+/m1/s1. The Morgan fingerprint density at radius 3 is 2.89 bits per heavy atom. The van der Waals surface area contributed by atoms with Crippen LogP contribution in [0, 0.1) is 17.8 Å². The van der Waals surface area contributed by atoms with E-state index in [1.807, 2.05) is 30.3 Å². The molecule has 2 N–H and O–H groups in total. The molecule has 2 heterocycles. The highest BCUT2D eigenvalue weighted by atomic mass is 16.5. The number of furan rings is 1. The normalized spacial score (nSPS) is 30.4. The van der Waals surface area contributed by atoms with Crippen molar-refractivity contribution in [1.82, 2.24) is 10.6 Å². The summed E-state index contributed by atoms with van der Waals surface area (Å²) in [7, 11) is 0. The van der Waals surface area contributed by atoms with Crippen molar-refractivity contribution < 1.29 is 18.7 Å². The van der Waals surface area contributed by atoms with E-state index < -0.39 is 5.72 Å². The fourth-order valence-corrected chi connectivity index (χ4v) is 5.18. The summed E-state index contributed by atoms with van der Waals surface area (Å²) in [6, 6.07) is 11.1. The van der Waals surface area contributed by atoms with Gasteiger partial charge in [0, 0.05) is 31.2 Å². The number of carbonyl (C=O) groups excluding carboxylic acids is 2.